The molecule has 0 aliphatic heterocycles. The van der Waals surface area contributed by atoms with Crippen LogP contribution in [0.2, 0.25) is 0 Å². The van der Waals surface area contributed by atoms with Gasteiger partial charge in [-0.1, -0.05) is 45.2 Å². The highest BCUT2D eigenvalue weighted by molar-refractivity contribution is 7.99. The maximum atomic E-state index is 10.0. The van der Waals surface area contributed by atoms with E-state index in [0.29, 0.717) is 12.3 Å². The van der Waals surface area contributed by atoms with Gasteiger partial charge in [-0.2, -0.15) is 16.7 Å². The maximum Gasteiger partial charge on any atom is 0.229 e. The average molecular weight is 298 g/mol. The minimum atomic E-state index is -0.457. The van der Waals surface area contributed by atoms with E-state index in [0.717, 1.165) is 16.8 Å². The molecule has 1 N–H and O–H groups in total. The summed E-state index contributed by atoms with van der Waals surface area (Å²) in [5, 5.41) is 14.8. The quantitative estimate of drug-likeness (QED) is 0.900. The van der Waals surface area contributed by atoms with Crippen molar-refractivity contribution in [2.24, 2.45) is 5.41 Å². The van der Waals surface area contributed by atoms with Gasteiger partial charge in [0, 0.05) is 5.25 Å². The van der Waals surface area contributed by atoms with Gasteiger partial charge in [-0.3, -0.25) is 0 Å². The summed E-state index contributed by atoms with van der Waals surface area (Å²) in [5.41, 5.74) is -0.161. The van der Waals surface area contributed by atoms with Crippen molar-refractivity contribution >= 4 is 11.8 Å². The van der Waals surface area contributed by atoms with Gasteiger partial charge in [0.05, 0.1) is 18.3 Å². The Morgan fingerprint density at radius 3 is 2.65 bits per heavy atom. The van der Waals surface area contributed by atoms with Crippen LogP contribution in [-0.4, -0.2) is 26.6 Å². The number of aromatic nitrogens is 2. The van der Waals surface area contributed by atoms with E-state index in [-0.39, 0.29) is 5.41 Å². The highest BCUT2D eigenvalue weighted by atomic mass is 32.2. The second kappa shape index (κ2) is 6.94. The van der Waals surface area contributed by atoms with E-state index < -0.39 is 6.10 Å². The zero-order valence-electron chi connectivity index (χ0n) is 12.8. The molecule has 4 nitrogen and oxygen atoms in total. The first-order valence-electron chi connectivity index (χ1n) is 7.56. The van der Waals surface area contributed by atoms with Crippen LogP contribution in [0, 0.1) is 5.41 Å². The maximum absolute atomic E-state index is 10.0. The third-order valence-corrected chi connectivity index (χ3v) is 5.25. The highest BCUT2D eigenvalue weighted by Crippen LogP contribution is 2.30. The summed E-state index contributed by atoms with van der Waals surface area (Å²) in [6, 6.07) is 0. The van der Waals surface area contributed by atoms with Crippen molar-refractivity contribution in [2.45, 2.75) is 76.4 Å². The topological polar surface area (TPSA) is 59.2 Å². The van der Waals surface area contributed by atoms with E-state index in [2.05, 4.69) is 10.1 Å². The summed E-state index contributed by atoms with van der Waals surface area (Å²) < 4.78 is 5.24. The zero-order valence-corrected chi connectivity index (χ0v) is 13.6. The van der Waals surface area contributed by atoms with Crippen molar-refractivity contribution in [1.29, 1.82) is 0 Å². The molecule has 0 spiro atoms. The van der Waals surface area contributed by atoms with Gasteiger partial charge in [0.1, 0.15) is 0 Å². The van der Waals surface area contributed by atoms with Crippen molar-refractivity contribution in [3.8, 4) is 0 Å². The molecule has 1 aromatic heterocycles. The Morgan fingerprint density at radius 2 is 2.00 bits per heavy atom. The van der Waals surface area contributed by atoms with Gasteiger partial charge in [0.2, 0.25) is 5.89 Å². The Labute approximate surface area is 125 Å². The van der Waals surface area contributed by atoms with E-state index in [9.17, 15) is 5.11 Å². The molecule has 1 atom stereocenters. The van der Waals surface area contributed by atoms with Crippen molar-refractivity contribution in [1.82, 2.24) is 10.1 Å². The minimum absolute atomic E-state index is 0.161. The van der Waals surface area contributed by atoms with Gasteiger partial charge in [-0.15, -0.1) is 0 Å². The monoisotopic (exact) mass is 298 g/mol. The molecule has 1 aromatic rings. The van der Waals surface area contributed by atoms with E-state index in [1.807, 2.05) is 32.5 Å². The van der Waals surface area contributed by atoms with Crippen LogP contribution in [0.4, 0.5) is 0 Å². The van der Waals surface area contributed by atoms with E-state index >= 15 is 0 Å². The minimum Gasteiger partial charge on any atom is -0.392 e. The molecule has 20 heavy (non-hydrogen) atoms. The first kappa shape index (κ1) is 15.8. The lowest BCUT2D eigenvalue weighted by atomic mass is 9.87. The van der Waals surface area contributed by atoms with Crippen molar-refractivity contribution < 1.29 is 9.63 Å². The number of aliphatic hydroxyl groups is 1. The van der Waals surface area contributed by atoms with Gasteiger partial charge in [-0.05, 0) is 18.3 Å². The number of nitrogens with zero attached hydrogens (tertiary/aromatic N) is 2. The molecule has 0 bridgehead atoms. The van der Waals surface area contributed by atoms with Gasteiger partial charge < -0.3 is 9.63 Å². The average Bonchev–Trinajstić information content (AvgIpc) is 2.84. The van der Waals surface area contributed by atoms with Crippen molar-refractivity contribution in [2.75, 3.05) is 0 Å². The highest BCUT2D eigenvalue weighted by Gasteiger charge is 2.25. The summed E-state index contributed by atoms with van der Waals surface area (Å²) in [7, 11) is 0. The molecule has 1 aliphatic carbocycles. The molecule has 114 valence electrons. The van der Waals surface area contributed by atoms with Crippen LogP contribution in [0.1, 0.15) is 64.6 Å². The molecule has 5 heteroatoms. The first-order chi connectivity index (χ1) is 9.45. The van der Waals surface area contributed by atoms with E-state index in [4.69, 9.17) is 4.52 Å². The summed E-state index contributed by atoms with van der Waals surface area (Å²) in [6.45, 7) is 6.02. The molecule has 2 rings (SSSR count). The molecule has 1 unspecified atom stereocenters. The fourth-order valence-corrected chi connectivity index (χ4v) is 3.50. The molecule has 0 radical (unpaired) electrons. The van der Waals surface area contributed by atoms with Gasteiger partial charge in [-0.25, -0.2) is 0 Å². The Bertz CT molecular complexity index is 408. The Kier molecular flexibility index (Phi) is 5.49. The Hall–Kier alpha value is -0.550. The zero-order chi connectivity index (χ0) is 14.6. The predicted molar refractivity (Wildman–Crippen MR) is 81.6 cm³/mol. The van der Waals surface area contributed by atoms with Gasteiger partial charge in [0.25, 0.3) is 0 Å². The van der Waals surface area contributed by atoms with Crippen LogP contribution in [0.3, 0.4) is 0 Å². The molecule has 0 aromatic carbocycles. The summed E-state index contributed by atoms with van der Waals surface area (Å²) in [5.74, 6) is 2.13. The fraction of sp³-hybridized carbons (Fsp3) is 0.867. The molecule has 1 aliphatic rings. The SMILES string of the molecule is CC(C)(C)C(O)Cc1nc(CSC2CCCCC2)no1. The van der Waals surface area contributed by atoms with Gasteiger partial charge >= 0.3 is 0 Å². The molecule has 1 fully saturated rings. The van der Waals surface area contributed by atoms with Crippen LogP contribution >= 0.6 is 11.8 Å². The molecular formula is C15H26N2O2S. The van der Waals surface area contributed by atoms with Crippen LogP contribution in [-0.2, 0) is 12.2 Å². The van der Waals surface area contributed by atoms with Crippen LogP contribution < -0.4 is 0 Å². The largest absolute Gasteiger partial charge is 0.392 e. The number of thioether (sulfide) groups is 1. The van der Waals surface area contributed by atoms with Crippen molar-refractivity contribution in [3.63, 3.8) is 0 Å². The molecule has 0 saturated heterocycles. The Morgan fingerprint density at radius 1 is 1.30 bits per heavy atom. The second-order valence-electron chi connectivity index (χ2n) is 6.76. The van der Waals surface area contributed by atoms with E-state index in [1.54, 1.807) is 0 Å². The third kappa shape index (κ3) is 4.77. The summed E-state index contributed by atoms with van der Waals surface area (Å²) >= 11 is 1.94. The Balaban J connectivity index is 1.79. The molecule has 1 saturated carbocycles. The smallest absolute Gasteiger partial charge is 0.229 e. The third-order valence-electron chi connectivity index (χ3n) is 3.88. The van der Waals surface area contributed by atoms with Gasteiger partial charge in [0.15, 0.2) is 5.82 Å². The van der Waals surface area contributed by atoms with E-state index in [1.165, 1.54) is 32.1 Å². The number of hydrogen-bond donors (Lipinski definition) is 1. The lowest BCUT2D eigenvalue weighted by Crippen LogP contribution is -2.28. The molecule has 0 amide bonds. The molecule has 1 heterocycles. The summed E-state index contributed by atoms with van der Waals surface area (Å²) in [4.78, 5) is 4.39. The normalized spacial score (nSPS) is 19.2. The lowest BCUT2D eigenvalue weighted by molar-refractivity contribution is 0.0565. The fourth-order valence-electron chi connectivity index (χ4n) is 2.33. The number of aliphatic hydroxyl groups excluding tert-OH is 1. The second-order valence-corrected chi connectivity index (χ2v) is 8.05. The van der Waals surface area contributed by atoms with Crippen LogP contribution in [0.25, 0.3) is 0 Å². The standard InChI is InChI=1S/C15H26N2O2S/c1-15(2,3)12(18)9-14-16-13(17-19-14)10-20-11-7-5-4-6-8-11/h11-12,18H,4-10H2,1-3H3. The predicted octanol–water partition coefficient (Wildman–Crippen LogP) is 3.59. The number of rotatable bonds is 5. The lowest BCUT2D eigenvalue weighted by Gasteiger charge is -2.24. The number of hydrogen-bond acceptors (Lipinski definition) is 5. The van der Waals surface area contributed by atoms with Crippen molar-refractivity contribution in [3.05, 3.63) is 11.7 Å². The van der Waals surface area contributed by atoms with Crippen LogP contribution in [0.15, 0.2) is 4.52 Å². The first-order valence-corrected chi connectivity index (χ1v) is 8.61. The summed E-state index contributed by atoms with van der Waals surface area (Å²) in [6.07, 6.45) is 6.70. The van der Waals surface area contributed by atoms with Crippen LogP contribution in [0.5, 0.6) is 0 Å². The molecular weight excluding hydrogens is 272 g/mol.